The Labute approximate surface area is 88.2 Å². The van der Waals surface area contributed by atoms with Crippen molar-refractivity contribution < 1.29 is 9.13 Å². The van der Waals surface area contributed by atoms with Crippen molar-refractivity contribution in [1.29, 1.82) is 5.41 Å². The molecular weight excluding hydrogens is 193 g/mol. The fourth-order valence-corrected chi connectivity index (χ4v) is 1.13. The summed E-state index contributed by atoms with van der Waals surface area (Å²) < 4.78 is 18.4. The van der Waals surface area contributed by atoms with E-state index < -0.39 is 5.82 Å². The van der Waals surface area contributed by atoms with E-state index in [1.54, 1.807) is 6.07 Å². The zero-order valence-corrected chi connectivity index (χ0v) is 8.51. The van der Waals surface area contributed by atoms with Crippen molar-refractivity contribution in [3.05, 3.63) is 54.4 Å². The van der Waals surface area contributed by atoms with E-state index in [0.717, 1.165) is 0 Å². The molecule has 0 unspecified atom stereocenters. The third kappa shape index (κ3) is 2.31. The van der Waals surface area contributed by atoms with Crippen LogP contribution in [0.4, 0.5) is 4.39 Å². The van der Waals surface area contributed by atoms with Crippen LogP contribution in [0, 0.1) is 11.2 Å². The first-order valence-electron chi connectivity index (χ1n) is 4.34. The number of halogens is 1. The van der Waals surface area contributed by atoms with Crippen molar-refractivity contribution in [3.8, 4) is 0 Å². The fraction of sp³-hybridized carbons (Fsp3) is 0.0833. The Morgan fingerprint density at radius 2 is 2.20 bits per heavy atom. The lowest BCUT2D eigenvalue weighted by molar-refractivity contribution is 0.371. The van der Waals surface area contributed by atoms with Gasteiger partial charge in [0.05, 0.1) is 12.8 Å². The summed E-state index contributed by atoms with van der Waals surface area (Å²) in [5.41, 5.74) is 0.843. The maximum absolute atomic E-state index is 13.5. The largest absolute Gasteiger partial charge is 0.497 e. The number of hydrogen-bond donors (Lipinski definition) is 1. The zero-order chi connectivity index (χ0) is 11.4. The van der Waals surface area contributed by atoms with Crippen LogP contribution in [0.5, 0.6) is 0 Å². The number of benzene rings is 1. The van der Waals surface area contributed by atoms with Crippen LogP contribution in [0.2, 0.25) is 0 Å². The van der Waals surface area contributed by atoms with E-state index in [9.17, 15) is 4.39 Å². The molecule has 0 radical (unpaired) electrons. The lowest BCUT2D eigenvalue weighted by Crippen LogP contribution is -1.99. The first kappa shape index (κ1) is 11.2. The van der Waals surface area contributed by atoms with Crippen LogP contribution in [-0.2, 0) is 4.74 Å². The molecule has 0 aliphatic carbocycles. The summed E-state index contributed by atoms with van der Waals surface area (Å²) in [4.78, 5) is 0. The third-order valence-corrected chi connectivity index (χ3v) is 2.03. The van der Waals surface area contributed by atoms with Gasteiger partial charge >= 0.3 is 0 Å². The van der Waals surface area contributed by atoms with Gasteiger partial charge in [-0.1, -0.05) is 19.2 Å². The fourth-order valence-electron chi connectivity index (χ4n) is 1.13. The van der Waals surface area contributed by atoms with E-state index >= 15 is 0 Å². The average molecular weight is 205 g/mol. The molecule has 0 aromatic heterocycles. The summed E-state index contributed by atoms with van der Waals surface area (Å²) in [5, 5.41) is 7.43. The number of nitrogens with one attached hydrogen (secondary N) is 1. The quantitative estimate of drug-likeness (QED) is 0.595. The zero-order valence-electron chi connectivity index (χ0n) is 8.51. The van der Waals surface area contributed by atoms with E-state index in [2.05, 4.69) is 13.2 Å². The van der Waals surface area contributed by atoms with Gasteiger partial charge in [-0.25, -0.2) is 4.39 Å². The lowest BCUT2D eigenvalue weighted by atomic mass is 10.1. The van der Waals surface area contributed by atoms with Gasteiger partial charge in [-0.05, 0) is 18.2 Å². The molecule has 1 aromatic rings. The molecule has 0 aliphatic heterocycles. The molecule has 0 bridgehead atoms. The van der Waals surface area contributed by atoms with Gasteiger partial charge in [-0.3, -0.25) is 0 Å². The highest BCUT2D eigenvalue weighted by Crippen LogP contribution is 2.17. The molecule has 15 heavy (non-hydrogen) atoms. The monoisotopic (exact) mass is 205 g/mol. The van der Waals surface area contributed by atoms with Crippen molar-refractivity contribution in [2.45, 2.75) is 0 Å². The molecule has 1 aromatic carbocycles. The molecule has 0 aliphatic rings. The van der Waals surface area contributed by atoms with Crippen LogP contribution >= 0.6 is 0 Å². The van der Waals surface area contributed by atoms with E-state index in [0.29, 0.717) is 11.3 Å². The van der Waals surface area contributed by atoms with Crippen LogP contribution in [0.1, 0.15) is 11.1 Å². The summed E-state index contributed by atoms with van der Waals surface area (Å²) in [6.45, 7) is 7.03. The van der Waals surface area contributed by atoms with E-state index in [4.69, 9.17) is 10.1 Å². The molecule has 0 spiro atoms. The molecule has 0 amide bonds. The average Bonchev–Trinajstić information content (AvgIpc) is 2.26. The Morgan fingerprint density at radius 1 is 1.53 bits per heavy atom. The number of allylic oxidation sites excluding steroid dienone is 1. The van der Waals surface area contributed by atoms with Gasteiger partial charge in [0.2, 0.25) is 0 Å². The van der Waals surface area contributed by atoms with Gasteiger partial charge in [-0.15, -0.1) is 0 Å². The first-order valence-corrected chi connectivity index (χ1v) is 4.34. The number of ether oxygens (including phenoxy) is 1. The number of rotatable bonds is 4. The second kappa shape index (κ2) is 4.55. The first-order chi connectivity index (χ1) is 7.10. The smallest absolute Gasteiger partial charge is 0.133 e. The molecule has 0 fully saturated rings. The Balaban J connectivity index is 3.14. The standard InChI is InChI=1S/C12H12FNO/c1-4-12(14)10-6-5-9(7-11(10)13)8(2)15-3/h4-7,14H,1-2H2,3H3. The molecule has 2 nitrogen and oxygen atoms in total. The predicted octanol–water partition coefficient (Wildman–Crippen LogP) is 3.00. The van der Waals surface area contributed by atoms with Crippen LogP contribution in [0.3, 0.4) is 0 Å². The summed E-state index contributed by atoms with van der Waals surface area (Å²) in [7, 11) is 1.47. The second-order valence-corrected chi connectivity index (χ2v) is 2.94. The summed E-state index contributed by atoms with van der Waals surface area (Å²) in [5.74, 6) is -0.0822. The molecule has 0 heterocycles. The Hall–Kier alpha value is -1.90. The highest BCUT2D eigenvalue weighted by Gasteiger charge is 2.07. The summed E-state index contributed by atoms with van der Waals surface area (Å²) in [6.07, 6.45) is 1.29. The van der Waals surface area contributed by atoms with Gasteiger partial charge in [-0.2, -0.15) is 0 Å². The summed E-state index contributed by atoms with van der Waals surface area (Å²) in [6, 6.07) is 4.46. The van der Waals surface area contributed by atoms with Crippen molar-refractivity contribution in [2.24, 2.45) is 0 Å². The van der Waals surface area contributed by atoms with Crippen molar-refractivity contribution >= 4 is 11.5 Å². The van der Waals surface area contributed by atoms with Gasteiger partial charge in [0.1, 0.15) is 11.6 Å². The normalized spacial score (nSPS) is 9.47. The Kier molecular flexibility index (Phi) is 3.39. The van der Waals surface area contributed by atoms with Gasteiger partial charge < -0.3 is 10.1 Å². The predicted molar refractivity (Wildman–Crippen MR) is 59.5 cm³/mol. The van der Waals surface area contributed by atoms with E-state index in [1.807, 2.05) is 0 Å². The number of hydrogen-bond acceptors (Lipinski definition) is 2. The van der Waals surface area contributed by atoms with Gasteiger partial charge in [0.25, 0.3) is 0 Å². The van der Waals surface area contributed by atoms with Crippen LogP contribution in [-0.4, -0.2) is 12.8 Å². The SMILES string of the molecule is C=CC(=N)c1ccc(C(=C)OC)cc1F. The topological polar surface area (TPSA) is 33.1 Å². The van der Waals surface area contributed by atoms with Crippen LogP contribution in [0.15, 0.2) is 37.4 Å². The van der Waals surface area contributed by atoms with Crippen molar-refractivity contribution in [1.82, 2.24) is 0 Å². The van der Waals surface area contributed by atoms with E-state index in [1.165, 1.54) is 25.3 Å². The summed E-state index contributed by atoms with van der Waals surface area (Å²) >= 11 is 0. The molecule has 0 atom stereocenters. The maximum atomic E-state index is 13.5. The Morgan fingerprint density at radius 3 is 2.67 bits per heavy atom. The molecule has 0 saturated heterocycles. The van der Waals surface area contributed by atoms with Crippen molar-refractivity contribution in [2.75, 3.05) is 7.11 Å². The highest BCUT2D eigenvalue weighted by atomic mass is 19.1. The third-order valence-electron chi connectivity index (χ3n) is 2.03. The van der Waals surface area contributed by atoms with Crippen LogP contribution < -0.4 is 0 Å². The highest BCUT2D eigenvalue weighted by molar-refractivity contribution is 6.06. The number of methoxy groups -OCH3 is 1. The molecule has 0 saturated carbocycles. The Bertz CT molecular complexity index is 424. The van der Waals surface area contributed by atoms with Crippen molar-refractivity contribution in [3.63, 3.8) is 0 Å². The lowest BCUT2D eigenvalue weighted by Gasteiger charge is -2.06. The van der Waals surface area contributed by atoms with E-state index in [-0.39, 0.29) is 11.3 Å². The molecular formula is C12H12FNO. The minimum absolute atomic E-state index is 0.0575. The van der Waals surface area contributed by atoms with Gasteiger partial charge in [0, 0.05) is 11.1 Å². The van der Waals surface area contributed by atoms with Gasteiger partial charge in [0.15, 0.2) is 0 Å². The van der Waals surface area contributed by atoms with Crippen LogP contribution in [0.25, 0.3) is 5.76 Å². The minimum atomic E-state index is -0.476. The molecule has 1 N–H and O–H groups in total. The minimum Gasteiger partial charge on any atom is -0.497 e. The second-order valence-electron chi connectivity index (χ2n) is 2.94. The maximum Gasteiger partial charge on any atom is 0.133 e. The molecule has 78 valence electrons. The molecule has 3 heteroatoms. The molecule has 1 rings (SSSR count).